The van der Waals surface area contributed by atoms with Crippen LogP contribution in [-0.4, -0.2) is 0 Å². The normalized spacial score (nSPS) is 11.2. The standard InChI is InChI=1S/C19H22/c1-13-14(2)16(4)19(17(5)15(13)3)12-11-18-9-7-6-8-10-18/h6-12H,1-5H3. The maximum Gasteiger partial charge on any atom is -0.0192 e. The second kappa shape index (κ2) is 5.44. The van der Waals surface area contributed by atoms with Crippen molar-refractivity contribution in [3.05, 3.63) is 69.3 Å². The SMILES string of the molecule is Cc1c(C)c(C)c(C=Cc2ccccc2)c(C)c1C. The van der Waals surface area contributed by atoms with Crippen LogP contribution in [0.2, 0.25) is 0 Å². The molecule has 0 aromatic heterocycles. The van der Waals surface area contributed by atoms with Gasteiger partial charge in [0.2, 0.25) is 0 Å². The zero-order valence-corrected chi connectivity index (χ0v) is 12.5. The Hall–Kier alpha value is -1.82. The lowest BCUT2D eigenvalue weighted by atomic mass is 9.89. The number of hydrogen-bond acceptors (Lipinski definition) is 0. The summed E-state index contributed by atoms with van der Waals surface area (Å²) in [5.41, 5.74) is 9.65. The van der Waals surface area contributed by atoms with Crippen LogP contribution in [0, 0.1) is 34.6 Å². The van der Waals surface area contributed by atoms with Crippen LogP contribution in [0.25, 0.3) is 12.2 Å². The van der Waals surface area contributed by atoms with Gasteiger partial charge in [-0.15, -0.1) is 0 Å². The fourth-order valence-electron chi connectivity index (χ4n) is 2.52. The zero-order chi connectivity index (χ0) is 14.0. The van der Waals surface area contributed by atoms with E-state index in [1.165, 1.54) is 38.9 Å². The molecule has 0 nitrogen and oxygen atoms in total. The van der Waals surface area contributed by atoms with Gasteiger partial charge in [-0.05, 0) is 73.6 Å². The molecule has 0 unspecified atom stereocenters. The van der Waals surface area contributed by atoms with Gasteiger partial charge in [-0.3, -0.25) is 0 Å². The van der Waals surface area contributed by atoms with Crippen molar-refractivity contribution in [1.29, 1.82) is 0 Å². The Kier molecular flexibility index (Phi) is 3.90. The first-order chi connectivity index (χ1) is 9.02. The highest BCUT2D eigenvalue weighted by Crippen LogP contribution is 2.27. The Morgan fingerprint density at radius 3 is 1.58 bits per heavy atom. The van der Waals surface area contributed by atoms with Crippen molar-refractivity contribution in [3.63, 3.8) is 0 Å². The molecule has 98 valence electrons. The molecule has 0 fully saturated rings. The highest BCUT2D eigenvalue weighted by atomic mass is 14.1. The van der Waals surface area contributed by atoms with E-state index in [2.05, 4.69) is 71.0 Å². The zero-order valence-electron chi connectivity index (χ0n) is 12.5. The van der Waals surface area contributed by atoms with Crippen LogP contribution in [0.4, 0.5) is 0 Å². The minimum atomic E-state index is 1.25. The first-order valence-electron chi connectivity index (χ1n) is 6.82. The van der Waals surface area contributed by atoms with Crippen molar-refractivity contribution in [2.45, 2.75) is 34.6 Å². The highest BCUT2D eigenvalue weighted by Gasteiger charge is 2.09. The number of hydrogen-bond donors (Lipinski definition) is 0. The van der Waals surface area contributed by atoms with Gasteiger partial charge in [0.05, 0.1) is 0 Å². The summed E-state index contributed by atoms with van der Waals surface area (Å²) in [5.74, 6) is 0. The molecule has 0 saturated carbocycles. The minimum Gasteiger partial charge on any atom is -0.0622 e. The van der Waals surface area contributed by atoms with Crippen molar-refractivity contribution < 1.29 is 0 Å². The van der Waals surface area contributed by atoms with E-state index < -0.39 is 0 Å². The van der Waals surface area contributed by atoms with Crippen molar-refractivity contribution >= 4 is 12.2 Å². The molecule has 0 aliphatic rings. The Bertz CT molecular complexity index is 587. The molecule has 2 aromatic rings. The van der Waals surface area contributed by atoms with Gasteiger partial charge in [0.25, 0.3) is 0 Å². The molecule has 0 atom stereocenters. The largest absolute Gasteiger partial charge is 0.0622 e. The molecule has 0 aliphatic carbocycles. The predicted molar refractivity (Wildman–Crippen MR) is 85.5 cm³/mol. The van der Waals surface area contributed by atoms with E-state index in [4.69, 9.17) is 0 Å². The number of benzene rings is 2. The third kappa shape index (κ3) is 2.63. The lowest BCUT2D eigenvalue weighted by Gasteiger charge is -2.16. The molecular formula is C19H22. The molecule has 0 saturated heterocycles. The van der Waals surface area contributed by atoms with Crippen LogP contribution in [0.1, 0.15) is 38.9 Å². The van der Waals surface area contributed by atoms with Crippen molar-refractivity contribution in [1.82, 2.24) is 0 Å². The van der Waals surface area contributed by atoms with Gasteiger partial charge in [-0.25, -0.2) is 0 Å². The predicted octanol–water partition coefficient (Wildman–Crippen LogP) is 5.40. The molecule has 0 amide bonds. The van der Waals surface area contributed by atoms with Crippen LogP contribution in [0.5, 0.6) is 0 Å². The topological polar surface area (TPSA) is 0 Å². The highest BCUT2D eigenvalue weighted by molar-refractivity contribution is 5.74. The Balaban J connectivity index is 2.50. The van der Waals surface area contributed by atoms with Crippen molar-refractivity contribution in [2.24, 2.45) is 0 Å². The van der Waals surface area contributed by atoms with E-state index in [0.717, 1.165) is 0 Å². The molecule has 0 radical (unpaired) electrons. The van der Waals surface area contributed by atoms with Gasteiger partial charge in [-0.2, -0.15) is 0 Å². The quantitative estimate of drug-likeness (QED) is 0.626. The van der Waals surface area contributed by atoms with Crippen LogP contribution in [0.15, 0.2) is 30.3 Å². The molecule has 0 heterocycles. The summed E-state index contributed by atoms with van der Waals surface area (Å²) < 4.78 is 0. The van der Waals surface area contributed by atoms with Crippen LogP contribution >= 0.6 is 0 Å². The molecule has 0 spiro atoms. The van der Waals surface area contributed by atoms with Crippen LogP contribution in [-0.2, 0) is 0 Å². The maximum absolute atomic E-state index is 2.25. The smallest absolute Gasteiger partial charge is 0.0192 e. The molecule has 19 heavy (non-hydrogen) atoms. The summed E-state index contributed by atoms with van der Waals surface area (Å²) in [6, 6.07) is 10.5. The molecule has 2 rings (SSSR count). The minimum absolute atomic E-state index is 1.25. The van der Waals surface area contributed by atoms with E-state index in [0.29, 0.717) is 0 Å². The summed E-state index contributed by atoms with van der Waals surface area (Å²) in [4.78, 5) is 0. The maximum atomic E-state index is 2.25. The average Bonchev–Trinajstić information content (AvgIpc) is 2.44. The van der Waals surface area contributed by atoms with Gasteiger partial charge in [0, 0.05) is 0 Å². The average molecular weight is 250 g/mol. The fourth-order valence-corrected chi connectivity index (χ4v) is 2.52. The van der Waals surface area contributed by atoms with Gasteiger partial charge in [-0.1, -0.05) is 42.5 Å². The molecule has 0 bridgehead atoms. The van der Waals surface area contributed by atoms with E-state index in [1.807, 2.05) is 6.07 Å². The van der Waals surface area contributed by atoms with Crippen LogP contribution in [0.3, 0.4) is 0 Å². The molecular weight excluding hydrogens is 228 g/mol. The summed E-state index contributed by atoms with van der Waals surface area (Å²) in [7, 11) is 0. The summed E-state index contributed by atoms with van der Waals surface area (Å²) >= 11 is 0. The lowest BCUT2D eigenvalue weighted by Crippen LogP contribution is -1.98. The molecule has 0 N–H and O–H groups in total. The first-order valence-corrected chi connectivity index (χ1v) is 6.82. The third-order valence-corrected chi connectivity index (χ3v) is 4.30. The van der Waals surface area contributed by atoms with E-state index in [9.17, 15) is 0 Å². The Labute approximate surface area is 116 Å². The second-order valence-electron chi connectivity index (χ2n) is 5.28. The fraction of sp³-hybridized carbons (Fsp3) is 0.263. The summed E-state index contributed by atoms with van der Waals surface area (Å²) in [6.07, 6.45) is 4.45. The molecule has 0 heteroatoms. The Morgan fingerprint density at radius 1 is 0.579 bits per heavy atom. The van der Waals surface area contributed by atoms with Crippen molar-refractivity contribution in [3.8, 4) is 0 Å². The first kappa shape index (κ1) is 13.6. The summed E-state index contributed by atoms with van der Waals surface area (Å²) in [6.45, 7) is 11.1. The lowest BCUT2D eigenvalue weighted by molar-refractivity contribution is 1.16. The third-order valence-electron chi connectivity index (χ3n) is 4.30. The molecule has 2 aromatic carbocycles. The van der Waals surface area contributed by atoms with Crippen molar-refractivity contribution in [2.75, 3.05) is 0 Å². The molecule has 0 aliphatic heterocycles. The van der Waals surface area contributed by atoms with Gasteiger partial charge in [0.15, 0.2) is 0 Å². The van der Waals surface area contributed by atoms with E-state index in [-0.39, 0.29) is 0 Å². The van der Waals surface area contributed by atoms with Gasteiger partial charge >= 0.3 is 0 Å². The van der Waals surface area contributed by atoms with Gasteiger partial charge < -0.3 is 0 Å². The summed E-state index contributed by atoms with van der Waals surface area (Å²) in [5, 5.41) is 0. The van der Waals surface area contributed by atoms with Gasteiger partial charge in [0.1, 0.15) is 0 Å². The van der Waals surface area contributed by atoms with E-state index in [1.54, 1.807) is 0 Å². The number of rotatable bonds is 2. The van der Waals surface area contributed by atoms with Crippen LogP contribution < -0.4 is 0 Å². The Morgan fingerprint density at radius 2 is 1.05 bits per heavy atom. The monoisotopic (exact) mass is 250 g/mol. The second-order valence-corrected chi connectivity index (χ2v) is 5.28. The van der Waals surface area contributed by atoms with E-state index >= 15 is 0 Å².